The van der Waals surface area contributed by atoms with Gasteiger partial charge in [-0.25, -0.2) is 23.5 Å². The number of halogens is 2. The molecule has 0 bridgehead atoms. The molecular weight excluding hydrogens is 544 g/mol. The Balaban J connectivity index is 1.37. The molecule has 42 heavy (non-hydrogen) atoms. The van der Waals surface area contributed by atoms with Crippen molar-refractivity contribution in [1.82, 2.24) is 19.5 Å². The number of nitrogens with zero attached hydrogens (tertiary/aromatic N) is 5. The van der Waals surface area contributed by atoms with Gasteiger partial charge in [0.2, 0.25) is 5.88 Å². The predicted octanol–water partition coefficient (Wildman–Crippen LogP) is 5.25. The summed E-state index contributed by atoms with van der Waals surface area (Å²) in [6.45, 7) is 0.734. The second kappa shape index (κ2) is 12.5. The zero-order valence-corrected chi connectivity index (χ0v) is 22.8. The second-order valence-corrected chi connectivity index (χ2v) is 9.26. The summed E-state index contributed by atoms with van der Waals surface area (Å²) in [5.41, 5.74) is 3.26. The van der Waals surface area contributed by atoms with Crippen LogP contribution in [0.1, 0.15) is 33.0 Å². The monoisotopic (exact) mass is 569 g/mol. The van der Waals surface area contributed by atoms with Crippen LogP contribution < -0.4 is 4.74 Å². The summed E-state index contributed by atoms with van der Waals surface area (Å²) in [5.74, 6) is -0.774. The average Bonchev–Trinajstić information content (AvgIpc) is 3.35. The van der Waals surface area contributed by atoms with Crippen molar-refractivity contribution in [2.75, 3.05) is 20.8 Å². The number of hydrogen-bond acceptors (Lipinski definition) is 8. The lowest BCUT2D eigenvalue weighted by atomic mass is 10.1. The van der Waals surface area contributed by atoms with Crippen LogP contribution in [-0.2, 0) is 29.0 Å². The van der Waals surface area contributed by atoms with E-state index < -0.39 is 17.6 Å². The number of nitriles is 1. The van der Waals surface area contributed by atoms with Gasteiger partial charge in [0.1, 0.15) is 24.1 Å². The molecule has 0 spiro atoms. The van der Waals surface area contributed by atoms with Crippen LogP contribution in [0.15, 0.2) is 66.9 Å². The maximum absolute atomic E-state index is 15.3. The zero-order valence-electron chi connectivity index (χ0n) is 22.8. The summed E-state index contributed by atoms with van der Waals surface area (Å²) in [4.78, 5) is 25.5. The van der Waals surface area contributed by atoms with Gasteiger partial charge in [-0.15, -0.1) is 0 Å². The molecule has 0 aliphatic carbocycles. The first-order chi connectivity index (χ1) is 20.4. The molecule has 9 nitrogen and oxygen atoms in total. The maximum Gasteiger partial charge on any atom is 0.337 e. The lowest BCUT2D eigenvalue weighted by Crippen LogP contribution is -2.10. The molecule has 0 radical (unpaired) electrons. The van der Waals surface area contributed by atoms with Crippen LogP contribution in [0.3, 0.4) is 0 Å². The van der Waals surface area contributed by atoms with Gasteiger partial charge >= 0.3 is 5.97 Å². The van der Waals surface area contributed by atoms with Gasteiger partial charge in [-0.05, 0) is 42.5 Å². The Bertz CT molecular complexity index is 1820. The van der Waals surface area contributed by atoms with Crippen molar-refractivity contribution in [2.24, 2.45) is 0 Å². The number of methoxy groups -OCH3 is 2. The smallest absolute Gasteiger partial charge is 0.337 e. The molecule has 0 saturated carbocycles. The number of ether oxygens (including phenoxy) is 3. The number of benzene rings is 2. The van der Waals surface area contributed by atoms with E-state index in [1.807, 2.05) is 10.6 Å². The van der Waals surface area contributed by atoms with E-state index in [2.05, 4.69) is 15.0 Å². The first-order valence-electron chi connectivity index (χ1n) is 12.9. The van der Waals surface area contributed by atoms with Gasteiger partial charge in [0, 0.05) is 37.0 Å². The van der Waals surface area contributed by atoms with Crippen molar-refractivity contribution in [3.63, 3.8) is 0 Å². The summed E-state index contributed by atoms with van der Waals surface area (Å²) in [6, 6.07) is 17.4. The molecular formula is C31H25F2N5O4. The standard InChI is InChI=1S/C31H25F2N5O4/c1-40-11-10-38-28-14-20(31(39)41-2)8-9-26(28)36-29(38)15-27-24(33)13-22(17-35-27)25-4-3-5-30(37-25)42-18-21-7-6-19(16-34)12-23(21)32/h3-9,12-14,17H,10-11,15,18H2,1-2H3. The third kappa shape index (κ3) is 6.09. The van der Waals surface area contributed by atoms with E-state index in [0.717, 1.165) is 6.07 Å². The first kappa shape index (κ1) is 28.3. The van der Waals surface area contributed by atoms with Gasteiger partial charge in [-0.3, -0.25) is 4.98 Å². The molecule has 0 amide bonds. The molecule has 11 heteroatoms. The third-order valence-corrected chi connectivity index (χ3v) is 6.59. The first-order valence-corrected chi connectivity index (χ1v) is 12.9. The van der Waals surface area contributed by atoms with Gasteiger partial charge in [-0.1, -0.05) is 12.1 Å². The van der Waals surface area contributed by atoms with Crippen LogP contribution in [0.5, 0.6) is 5.88 Å². The number of imidazole rings is 1. The summed E-state index contributed by atoms with van der Waals surface area (Å²) in [7, 11) is 2.90. The molecule has 5 rings (SSSR count). The van der Waals surface area contributed by atoms with Gasteiger partial charge < -0.3 is 18.8 Å². The lowest BCUT2D eigenvalue weighted by Gasteiger charge is -2.11. The fourth-order valence-corrected chi connectivity index (χ4v) is 4.41. The molecule has 3 heterocycles. The van der Waals surface area contributed by atoms with Crippen molar-refractivity contribution in [3.05, 3.63) is 107 Å². The number of carbonyl (C=O) groups excluding carboxylic acids is 1. The molecule has 0 aliphatic rings. The summed E-state index contributed by atoms with van der Waals surface area (Å²) >= 11 is 0. The maximum atomic E-state index is 15.3. The van der Waals surface area contributed by atoms with Crippen molar-refractivity contribution >= 4 is 17.0 Å². The van der Waals surface area contributed by atoms with Crippen LogP contribution in [0, 0.1) is 23.0 Å². The van der Waals surface area contributed by atoms with Crippen LogP contribution in [0.25, 0.3) is 22.3 Å². The number of rotatable bonds is 10. The van der Waals surface area contributed by atoms with Crippen molar-refractivity contribution < 1.29 is 27.8 Å². The Morgan fingerprint density at radius 1 is 1.02 bits per heavy atom. The average molecular weight is 570 g/mol. The minimum atomic E-state index is -0.549. The van der Waals surface area contributed by atoms with Crippen molar-refractivity contribution in [2.45, 2.75) is 19.6 Å². The molecule has 0 saturated heterocycles. The molecule has 3 aromatic heterocycles. The topological polar surface area (TPSA) is 112 Å². The van der Waals surface area contributed by atoms with Crippen LogP contribution in [0.4, 0.5) is 8.78 Å². The number of fused-ring (bicyclic) bond motifs is 1. The number of pyridine rings is 2. The van der Waals surface area contributed by atoms with E-state index in [0.29, 0.717) is 46.8 Å². The van der Waals surface area contributed by atoms with Gasteiger partial charge in [-0.2, -0.15) is 5.26 Å². The largest absolute Gasteiger partial charge is 0.473 e. The number of aromatic nitrogens is 4. The van der Waals surface area contributed by atoms with E-state index in [1.165, 1.54) is 31.5 Å². The molecule has 0 N–H and O–H groups in total. The minimum absolute atomic E-state index is 0.0925. The van der Waals surface area contributed by atoms with Crippen LogP contribution >= 0.6 is 0 Å². The minimum Gasteiger partial charge on any atom is -0.473 e. The highest BCUT2D eigenvalue weighted by Crippen LogP contribution is 2.25. The highest BCUT2D eigenvalue weighted by atomic mass is 19.1. The molecule has 212 valence electrons. The normalized spacial score (nSPS) is 10.9. The van der Waals surface area contributed by atoms with E-state index in [-0.39, 0.29) is 35.7 Å². The van der Waals surface area contributed by atoms with Gasteiger partial charge in [0.05, 0.1) is 59.8 Å². The summed E-state index contributed by atoms with van der Waals surface area (Å²) in [6.07, 6.45) is 1.62. The molecule has 0 aliphatic heterocycles. The third-order valence-electron chi connectivity index (χ3n) is 6.59. The fourth-order valence-electron chi connectivity index (χ4n) is 4.41. The van der Waals surface area contributed by atoms with Gasteiger partial charge in [0.25, 0.3) is 0 Å². The quantitative estimate of drug-likeness (QED) is 0.210. The van der Waals surface area contributed by atoms with E-state index >= 15 is 4.39 Å². The Morgan fingerprint density at radius 3 is 2.62 bits per heavy atom. The fraction of sp³-hybridized carbons (Fsp3) is 0.194. The Hall–Kier alpha value is -5.21. The van der Waals surface area contributed by atoms with E-state index in [4.69, 9.17) is 19.5 Å². The van der Waals surface area contributed by atoms with Crippen LogP contribution in [-0.4, -0.2) is 46.3 Å². The highest BCUT2D eigenvalue weighted by Gasteiger charge is 2.17. The number of hydrogen-bond donors (Lipinski definition) is 0. The van der Waals surface area contributed by atoms with E-state index in [9.17, 15) is 9.18 Å². The Kier molecular flexibility index (Phi) is 8.45. The highest BCUT2D eigenvalue weighted by molar-refractivity contribution is 5.93. The summed E-state index contributed by atoms with van der Waals surface area (Å²) < 4.78 is 47.1. The molecule has 5 aromatic rings. The molecule has 0 unspecified atom stereocenters. The molecule has 0 atom stereocenters. The molecule has 2 aromatic carbocycles. The van der Waals surface area contributed by atoms with Gasteiger partial charge in [0.15, 0.2) is 0 Å². The zero-order chi connectivity index (χ0) is 29.6. The molecule has 0 fully saturated rings. The number of carbonyl (C=O) groups is 1. The predicted molar refractivity (Wildman–Crippen MR) is 149 cm³/mol. The van der Waals surface area contributed by atoms with Crippen LogP contribution in [0.2, 0.25) is 0 Å². The van der Waals surface area contributed by atoms with E-state index in [1.54, 1.807) is 43.5 Å². The van der Waals surface area contributed by atoms with Crippen molar-refractivity contribution in [3.8, 4) is 23.2 Å². The lowest BCUT2D eigenvalue weighted by molar-refractivity contribution is 0.0601. The second-order valence-electron chi connectivity index (χ2n) is 9.26. The Morgan fingerprint density at radius 2 is 1.88 bits per heavy atom. The Labute approximate surface area is 240 Å². The van der Waals surface area contributed by atoms with Crippen molar-refractivity contribution in [1.29, 1.82) is 5.26 Å². The summed E-state index contributed by atoms with van der Waals surface area (Å²) in [5, 5.41) is 8.90. The SMILES string of the molecule is COCCn1c(Cc2ncc(-c3cccc(OCc4ccc(C#N)cc4F)n3)cc2F)nc2ccc(C(=O)OC)cc21. The number of esters is 1.